The molecule has 0 aromatic heterocycles. The molecule has 0 aliphatic heterocycles. The highest BCUT2D eigenvalue weighted by atomic mass is 32.2. The van der Waals surface area contributed by atoms with E-state index in [1.807, 2.05) is 0 Å². The number of aliphatic hydroxyl groups excluding tert-OH is 1. The number of alkyl halides is 3. The number of halogens is 3. The van der Waals surface area contributed by atoms with Crippen LogP contribution in [-0.4, -0.2) is 50.2 Å². The Balaban J connectivity index is 4.22. The van der Waals surface area contributed by atoms with Crippen molar-refractivity contribution in [3.8, 4) is 0 Å². The van der Waals surface area contributed by atoms with Gasteiger partial charge in [0.05, 0.1) is 0 Å². The molecule has 10 heteroatoms. The van der Waals surface area contributed by atoms with E-state index in [2.05, 4.69) is 0 Å². The summed E-state index contributed by atoms with van der Waals surface area (Å²) in [5.41, 5.74) is 5.11. The van der Waals surface area contributed by atoms with Crippen LogP contribution in [0.1, 0.15) is 12.8 Å². The van der Waals surface area contributed by atoms with Gasteiger partial charge in [-0.2, -0.15) is 13.2 Å². The van der Waals surface area contributed by atoms with Crippen LogP contribution in [0.25, 0.3) is 0 Å². The second-order valence-corrected chi connectivity index (χ2v) is 6.24. The third-order valence-corrected chi connectivity index (χ3v) is 3.96. The molecule has 0 aliphatic rings. The van der Waals surface area contributed by atoms with Gasteiger partial charge >= 0.3 is 12.1 Å². The van der Waals surface area contributed by atoms with E-state index in [0.29, 0.717) is 0 Å². The normalized spacial score (nSPS) is 18.9. The lowest BCUT2D eigenvalue weighted by Crippen LogP contribution is -2.33. The lowest BCUT2D eigenvalue weighted by atomic mass is 10.2. The van der Waals surface area contributed by atoms with Crippen molar-refractivity contribution >= 4 is 15.7 Å². The molecule has 0 spiro atoms. The van der Waals surface area contributed by atoms with Crippen LogP contribution < -0.4 is 5.73 Å². The van der Waals surface area contributed by atoms with E-state index in [1.165, 1.54) is 0 Å². The average molecular weight is 292 g/mol. The Morgan fingerprint density at radius 2 is 1.78 bits per heavy atom. The fraction of sp³-hybridized carbons (Fsp3) is 0.875. The number of hydrogen-bond acceptors (Lipinski definition) is 5. The minimum Gasteiger partial charge on any atom is -0.480 e. The molecule has 0 amide bonds. The lowest BCUT2D eigenvalue weighted by molar-refractivity contribution is -0.203. The fourth-order valence-corrected chi connectivity index (χ4v) is 2.45. The van der Waals surface area contributed by atoms with Gasteiger partial charge in [0, 0.05) is 21.2 Å². The number of aliphatic hydroxyl groups is 1. The first kappa shape index (κ1) is 17.1. The minimum absolute atomic E-state index is 0.264. The van der Waals surface area contributed by atoms with Crippen molar-refractivity contribution in [1.82, 2.24) is 0 Å². The Bertz CT molecular complexity index is 382. The summed E-state index contributed by atoms with van der Waals surface area (Å²) in [6, 6.07) is -1.30. The van der Waals surface area contributed by atoms with E-state index in [-0.39, 0.29) is 6.42 Å². The third kappa shape index (κ3) is 6.77. The summed E-state index contributed by atoms with van der Waals surface area (Å²) < 4.78 is 54.6. The van der Waals surface area contributed by atoms with Crippen molar-refractivity contribution in [2.24, 2.45) is 5.73 Å². The molecule has 0 bridgehead atoms. The summed E-state index contributed by atoms with van der Waals surface area (Å²) in [5, 5.41) is 17.1. The highest BCUT2D eigenvalue weighted by Crippen LogP contribution is 2.22. The van der Waals surface area contributed by atoms with E-state index in [1.54, 1.807) is 0 Å². The Kier molecular flexibility index (Phi) is 6.04. The van der Waals surface area contributed by atoms with Crippen LogP contribution in [0, 0.1) is 4.78 Å². The van der Waals surface area contributed by atoms with Gasteiger partial charge < -0.3 is 15.9 Å². The maximum atomic E-state index is 11.9. The van der Waals surface area contributed by atoms with Gasteiger partial charge in [-0.1, -0.05) is 0 Å². The predicted molar refractivity (Wildman–Crippen MR) is 57.5 cm³/mol. The van der Waals surface area contributed by atoms with Crippen molar-refractivity contribution in [2.45, 2.75) is 31.2 Å². The summed E-state index contributed by atoms with van der Waals surface area (Å²) in [6.45, 7) is 0. The van der Waals surface area contributed by atoms with Gasteiger partial charge in [0.2, 0.25) is 0 Å². The van der Waals surface area contributed by atoms with Crippen LogP contribution in [0.3, 0.4) is 0 Å². The molecular weight excluding hydrogens is 277 g/mol. The summed E-state index contributed by atoms with van der Waals surface area (Å²) in [6.07, 6.45) is -8.56. The van der Waals surface area contributed by atoms with E-state index < -0.39 is 51.9 Å². The molecule has 0 radical (unpaired) electrons. The van der Waals surface area contributed by atoms with Gasteiger partial charge in [-0.3, -0.25) is 9.57 Å². The number of carbonyl (C=O) groups is 1. The van der Waals surface area contributed by atoms with Gasteiger partial charge in [-0.05, 0) is 12.8 Å². The molecule has 0 aliphatic carbocycles. The molecular formula is C8H15F3N2O4S. The van der Waals surface area contributed by atoms with Gasteiger partial charge in [-0.25, -0.2) is 4.21 Å². The zero-order valence-electron chi connectivity index (χ0n) is 9.31. The molecule has 5 N–H and O–H groups in total. The first-order valence-electron chi connectivity index (χ1n) is 4.93. The largest absolute Gasteiger partial charge is 0.480 e. The molecule has 0 saturated carbocycles. The van der Waals surface area contributed by atoms with Crippen LogP contribution in [0.15, 0.2) is 0 Å². The Hall–Kier alpha value is -0.870. The van der Waals surface area contributed by atoms with E-state index in [9.17, 15) is 22.2 Å². The number of nitrogens with one attached hydrogen (secondary N) is 1. The topological polar surface area (TPSA) is 124 Å². The van der Waals surface area contributed by atoms with Gasteiger partial charge in [-0.15, -0.1) is 0 Å². The van der Waals surface area contributed by atoms with Crippen molar-refractivity contribution < 1.29 is 32.4 Å². The number of hydrogen-bond donors (Lipinski definition) is 4. The first-order valence-corrected chi connectivity index (χ1v) is 6.82. The number of aliphatic carboxylic acids is 1. The molecule has 18 heavy (non-hydrogen) atoms. The molecule has 6 nitrogen and oxygen atoms in total. The third-order valence-electron chi connectivity index (χ3n) is 2.17. The summed E-state index contributed by atoms with van der Waals surface area (Å²) in [5.74, 6) is -2.40. The van der Waals surface area contributed by atoms with Crippen molar-refractivity contribution in [3.63, 3.8) is 0 Å². The average Bonchev–Trinajstić information content (AvgIpc) is 2.21. The molecule has 0 rings (SSSR count). The summed E-state index contributed by atoms with van der Waals surface area (Å²) in [7, 11) is -3.37. The molecule has 0 heterocycles. The summed E-state index contributed by atoms with van der Waals surface area (Å²) >= 11 is 0. The van der Waals surface area contributed by atoms with E-state index >= 15 is 0 Å². The molecule has 2 unspecified atom stereocenters. The van der Waals surface area contributed by atoms with Crippen LogP contribution in [0.4, 0.5) is 13.2 Å². The predicted octanol–water partition coefficient (Wildman–Crippen LogP) is 0.148. The zero-order valence-corrected chi connectivity index (χ0v) is 10.1. The zero-order chi connectivity index (χ0) is 14.6. The Morgan fingerprint density at radius 1 is 1.33 bits per heavy atom. The molecule has 0 fully saturated rings. The number of carboxylic acid groups (broad SMARTS) is 1. The van der Waals surface area contributed by atoms with E-state index in [4.69, 9.17) is 20.7 Å². The SMILES string of the molecule is N=S(=O)(CCC(O)C(F)(F)F)CC[C@H](N)C(=O)O. The maximum Gasteiger partial charge on any atom is 0.414 e. The van der Waals surface area contributed by atoms with Crippen LogP contribution in [0.2, 0.25) is 0 Å². The highest BCUT2D eigenvalue weighted by molar-refractivity contribution is 7.92. The second kappa shape index (κ2) is 6.34. The molecule has 0 aromatic rings. The number of carboxylic acids is 1. The standard InChI is InChI=1S/C8H15F3N2O4S/c9-8(10,11)6(14)2-4-18(13,17)3-1-5(12)7(15)16/h5-6,13-14H,1-4,12H2,(H,15,16)/t5-,6?,18?/m0/s1. The van der Waals surface area contributed by atoms with Crippen LogP contribution >= 0.6 is 0 Å². The quantitative estimate of drug-likeness (QED) is 0.531. The number of nitrogens with two attached hydrogens (primary N) is 1. The second-order valence-electron chi connectivity index (χ2n) is 3.80. The minimum atomic E-state index is -4.81. The van der Waals surface area contributed by atoms with Crippen molar-refractivity contribution in [2.75, 3.05) is 11.5 Å². The van der Waals surface area contributed by atoms with Crippen molar-refractivity contribution in [1.29, 1.82) is 4.78 Å². The Morgan fingerprint density at radius 3 is 2.17 bits per heavy atom. The monoisotopic (exact) mass is 292 g/mol. The summed E-state index contributed by atoms with van der Waals surface area (Å²) in [4.78, 5) is 10.3. The van der Waals surface area contributed by atoms with E-state index in [0.717, 1.165) is 0 Å². The van der Waals surface area contributed by atoms with Gasteiger partial charge in [0.15, 0.2) is 6.10 Å². The van der Waals surface area contributed by atoms with Gasteiger partial charge in [0.25, 0.3) is 0 Å². The maximum absolute atomic E-state index is 11.9. The molecule has 3 atom stereocenters. The first-order chi connectivity index (χ1) is 7.96. The fourth-order valence-electron chi connectivity index (χ4n) is 1.01. The number of rotatable bonds is 7. The molecule has 108 valence electrons. The smallest absolute Gasteiger partial charge is 0.414 e. The highest BCUT2D eigenvalue weighted by Gasteiger charge is 2.38. The molecule has 0 aromatic carbocycles. The molecule has 0 saturated heterocycles. The van der Waals surface area contributed by atoms with Crippen LogP contribution in [0.5, 0.6) is 0 Å². The lowest BCUT2D eigenvalue weighted by Gasteiger charge is -2.15. The van der Waals surface area contributed by atoms with Crippen LogP contribution in [-0.2, 0) is 14.5 Å². The Labute approximate surface area is 102 Å². The van der Waals surface area contributed by atoms with Gasteiger partial charge in [0.1, 0.15) is 6.04 Å². The van der Waals surface area contributed by atoms with Crippen molar-refractivity contribution in [3.05, 3.63) is 0 Å².